The maximum Gasteiger partial charge on any atom is 0.317 e. The van der Waals surface area contributed by atoms with E-state index in [2.05, 4.69) is 35.7 Å². The molecule has 6 amide bonds. The summed E-state index contributed by atoms with van der Waals surface area (Å²) in [5.41, 5.74) is 1.90. The molecule has 2 aliphatic carbocycles. The molecule has 0 bridgehead atoms. The van der Waals surface area contributed by atoms with Crippen molar-refractivity contribution in [1.29, 1.82) is 0 Å². The Hall–Kier alpha value is -4.62. The lowest BCUT2D eigenvalue weighted by atomic mass is 9.81. The summed E-state index contributed by atoms with van der Waals surface area (Å²) in [6.45, 7) is 20.0. The number of nitrogens with one attached hydrogen (secondary N) is 3. The minimum absolute atomic E-state index is 0.0206. The summed E-state index contributed by atoms with van der Waals surface area (Å²) in [7, 11) is 1.86. The van der Waals surface area contributed by atoms with Crippen molar-refractivity contribution in [3.63, 3.8) is 0 Å². The van der Waals surface area contributed by atoms with Crippen molar-refractivity contribution in [2.24, 2.45) is 23.7 Å². The first kappa shape index (κ1) is 45.5. The minimum Gasteiger partial charge on any atom is -0.368 e. The largest absolute Gasteiger partial charge is 0.368 e. The number of hydrogen-bond acceptors (Lipinski definition) is 8. The predicted octanol–water partition coefficient (Wildman–Crippen LogP) is 5.61. The molecule has 4 heterocycles. The van der Waals surface area contributed by atoms with E-state index in [-0.39, 0.29) is 35.0 Å². The van der Waals surface area contributed by atoms with Gasteiger partial charge in [0.05, 0.1) is 0 Å². The van der Waals surface area contributed by atoms with E-state index in [1.165, 1.54) is 11.4 Å². The second kappa shape index (κ2) is 21.1. The zero-order valence-electron chi connectivity index (χ0n) is 36.9. The molecule has 0 radical (unpaired) electrons. The van der Waals surface area contributed by atoms with Gasteiger partial charge in [0.15, 0.2) is 0 Å². The third-order valence-electron chi connectivity index (χ3n) is 12.0. The smallest absolute Gasteiger partial charge is 0.317 e. The number of nitrogens with zero attached hydrogens (tertiary/aromatic N) is 7. The Bertz CT molecular complexity index is 1620. The van der Waals surface area contributed by atoms with Crippen molar-refractivity contribution in [3.8, 4) is 0 Å². The van der Waals surface area contributed by atoms with Crippen LogP contribution in [0.1, 0.15) is 92.9 Å². The predicted molar refractivity (Wildman–Crippen MR) is 234 cm³/mol. The van der Waals surface area contributed by atoms with Crippen molar-refractivity contribution in [2.75, 3.05) is 82.3 Å². The summed E-state index contributed by atoms with van der Waals surface area (Å²) in [5.74, 6) is 1.86. The molecule has 0 unspecified atom stereocenters. The maximum absolute atomic E-state index is 13.0. The van der Waals surface area contributed by atoms with Crippen LogP contribution in [-0.2, 0) is 9.59 Å². The van der Waals surface area contributed by atoms with Crippen LogP contribution < -0.4 is 25.8 Å². The number of pyridine rings is 2. The van der Waals surface area contributed by atoms with Crippen molar-refractivity contribution in [3.05, 3.63) is 49.1 Å². The molecule has 326 valence electrons. The summed E-state index contributed by atoms with van der Waals surface area (Å²) in [6, 6.07) is 7.97. The van der Waals surface area contributed by atoms with Crippen LogP contribution in [0, 0.1) is 23.7 Å². The van der Waals surface area contributed by atoms with Crippen LogP contribution >= 0.6 is 0 Å². The number of anilines is 2. The van der Waals surface area contributed by atoms with Gasteiger partial charge in [-0.1, -0.05) is 0 Å². The number of aromatic nitrogens is 2. The molecule has 14 heteroatoms. The second-order valence-corrected chi connectivity index (χ2v) is 19.1. The molecule has 2 aromatic heterocycles. The first-order valence-corrected chi connectivity index (χ1v) is 22.0. The summed E-state index contributed by atoms with van der Waals surface area (Å²) in [4.78, 5) is 68.8. The van der Waals surface area contributed by atoms with Gasteiger partial charge in [0.25, 0.3) is 0 Å². The van der Waals surface area contributed by atoms with Gasteiger partial charge in [-0.25, -0.2) is 9.59 Å². The molecule has 59 heavy (non-hydrogen) atoms. The Morgan fingerprint density at radius 3 is 1.37 bits per heavy atom. The van der Waals surface area contributed by atoms with E-state index < -0.39 is 0 Å². The summed E-state index contributed by atoms with van der Waals surface area (Å²) in [5, 5.41) is 8.92. The van der Waals surface area contributed by atoms with Crippen molar-refractivity contribution >= 4 is 35.3 Å². The molecule has 0 atom stereocenters. The summed E-state index contributed by atoms with van der Waals surface area (Å²) >= 11 is 0. The fourth-order valence-corrected chi connectivity index (χ4v) is 8.71. The van der Waals surface area contributed by atoms with Crippen LogP contribution in [0.15, 0.2) is 49.1 Å². The van der Waals surface area contributed by atoms with E-state index in [1.54, 1.807) is 4.90 Å². The zero-order chi connectivity index (χ0) is 42.6. The quantitative estimate of drug-likeness (QED) is 0.312. The van der Waals surface area contributed by atoms with Crippen LogP contribution in [-0.4, -0.2) is 132 Å². The van der Waals surface area contributed by atoms with Crippen LogP contribution in [0.5, 0.6) is 0 Å². The summed E-state index contributed by atoms with van der Waals surface area (Å²) in [6.07, 6.45) is 15.0. The van der Waals surface area contributed by atoms with E-state index in [0.717, 1.165) is 110 Å². The highest BCUT2D eigenvalue weighted by atomic mass is 16.2. The topological polar surface area (TPSA) is 146 Å². The fraction of sp³-hybridized carbons (Fsp3) is 0.689. The second-order valence-electron chi connectivity index (χ2n) is 19.1. The molecule has 3 N–H and O–H groups in total. The zero-order valence-corrected chi connectivity index (χ0v) is 36.9. The Labute approximate surface area is 353 Å². The Kier molecular flexibility index (Phi) is 16.2. The van der Waals surface area contributed by atoms with E-state index >= 15 is 0 Å². The highest BCUT2D eigenvalue weighted by Gasteiger charge is 2.33. The van der Waals surface area contributed by atoms with Crippen molar-refractivity contribution in [2.45, 2.75) is 104 Å². The third kappa shape index (κ3) is 14.6. The lowest BCUT2D eigenvalue weighted by Gasteiger charge is -2.39. The molecule has 2 aliphatic heterocycles. The SMILES string of the molecule is CC(C)(C)NC(=O)NCC1CCC(C(=O)N2CCN(c3ccncc3)CC2)CC1.CN(CC1CCC(C(=O)N2CCN(c3ccncc3)CC2)CC1)C(=O)NC(C)(C)C. The number of piperazine rings is 2. The fourth-order valence-electron chi connectivity index (χ4n) is 8.71. The first-order chi connectivity index (χ1) is 28.0. The molecule has 2 saturated heterocycles. The lowest BCUT2D eigenvalue weighted by molar-refractivity contribution is -0.137. The number of carbonyl (C=O) groups excluding carboxylic acids is 4. The average molecular weight is 817 g/mol. The van der Waals surface area contributed by atoms with Gasteiger partial charge in [0, 0.05) is 132 Å². The summed E-state index contributed by atoms with van der Waals surface area (Å²) < 4.78 is 0. The highest BCUT2D eigenvalue weighted by Crippen LogP contribution is 2.32. The number of urea groups is 2. The minimum atomic E-state index is -0.227. The average Bonchev–Trinajstić information content (AvgIpc) is 3.22. The monoisotopic (exact) mass is 817 g/mol. The van der Waals surface area contributed by atoms with E-state index in [1.807, 2.05) is 107 Å². The normalized spacial score (nSPS) is 22.7. The highest BCUT2D eigenvalue weighted by molar-refractivity contribution is 5.80. The van der Waals surface area contributed by atoms with Crippen molar-refractivity contribution < 1.29 is 19.2 Å². The third-order valence-corrected chi connectivity index (χ3v) is 12.0. The van der Waals surface area contributed by atoms with E-state index in [9.17, 15) is 19.2 Å². The Morgan fingerprint density at radius 1 is 0.593 bits per heavy atom. The molecule has 6 rings (SSSR count). The van der Waals surface area contributed by atoms with Gasteiger partial charge >= 0.3 is 12.1 Å². The van der Waals surface area contributed by atoms with Gasteiger partial charge in [-0.05, 0) is 129 Å². The van der Waals surface area contributed by atoms with Gasteiger partial charge in [-0.15, -0.1) is 0 Å². The van der Waals surface area contributed by atoms with E-state index in [0.29, 0.717) is 30.2 Å². The van der Waals surface area contributed by atoms with Crippen LogP contribution in [0.2, 0.25) is 0 Å². The Balaban J connectivity index is 0.000000224. The van der Waals surface area contributed by atoms with Gasteiger partial charge in [-0.2, -0.15) is 0 Å². The van der Waals surface area contributed by atoms with Crippen molar-refractivity contribution in [1.82, 2.24) is 40.6 Å². The van der Waals surface area contributed by atoms with Gasteiger partial charge in [0.1, 0.15) is 0 Å². The molecule has 0 aromatic carbocycles. The van der Waals surface area contributed by atoms with Crippen LogP contribution in [0.25, 0.3) is 0 Å². The van der Waals surface area contributed by atoms with Gasteiger partial charge in [0.2, 0.25) is 11.8 Å². The number of hydrogen-bond donors (Lipinski definition) is 3. The van der Waals surface area contributed by atoms with Crippen LogP contribution in [0.4, 0.5) is 21.0 Å². The van der Waals surface area contributed by atoms with Gasteiger partial charge in [-0.3, -0.25) is 19.6 Å². The first-order valence-electron chi connectivity index (χ1n) is 22.0. The Morgan fingerprint density at radius 2 is 0.983 bits per heavy atom. The number of amides is 6. The molecular formula is C45H72N10O4. The molecular weight excluding hydrogens is 745 g/mol. The van der Waals surface area contributed by atoms with E-state index in [4.69, 9.17) is 0 Å². The standard InChI is InChI=1S/C23H37N5O2.C22H35N5O2/c1-23(2,3)25-22(30)26(4)17-18-5-7-19(8-6-18)21(29)28-15-13-27(14-16-28)20-9-11-24-12-10-20;1-22(2,3)25-21(29)24-16-17-4-6-18(7-5-17)20(28)27-14-12-26(13-15-27)19-8-10-23-11-9-19/h9-12,18-19H,5-8,13-17H2,1-4H3,(H,25,30);8-11,17-18H,4-7,12-16H2,1-3H3,(H2,24,25,29). The maximum atomic E-state index is 13.0. The lowest BCUT2D eigenvalue weighted by Crippen LogP contribution is -2.51. The number of carbonyl (C=O) groups is 4. The van der Waals surface area contributed by atoms with Crippen LogP contribution in [0.3, 0.4) is 0 Å². The molecule has 0 spiro atoms. The van der Waals surface area contributed by atoms with Gasteiger partial charge < -0.3 is 40.4 Å². The number of rotatable bonds is 8. The molecule has 4 aliphatic rings. The molecule has 2 saturated carbocycles. The molecule has 14 nitrogen and oxygen atoms in total. The molecule has 2 aromatic rings. The molecule has 4 fully saturated rings.